The molecule has 2 aliphatic rings. The first-order valence-electron chi connectivity index (χ1n) is 14.1. The molecule has 3 atom stereocenters. The molecule has 5 nitrogen and oxygen atoms in total. The van der Waals surface area contributed by atoms with Gasteiger partial charge in [-0.1, -0.05) is 79.1 Å². The number of ether oxygens (including phenoxy) is 1. The summed E-state index contributed by atoms with van der Waals surface area (Å²) in [6, 6.07) is 8.71. The minimum atomic E-state index is -1.85. The Morgan fingerprint density at radius 3 is 1.98 bits per heavy atom. The zero-order chi connectivity index (χ0) is 30.0. The highest BCUT2D eigenvalue weighted by molar-refractivity contribution is 6.30. The second kappa shape index (κ2) is 11.6. The van der Waals surface area contributed by atoms with Gasteiger partial charge in [0.2, 0.25) is 0 Å². The minimum Gasteiger partial charge on any atom is -0.429 e. The number of carbonyl (C=O) groups excluding carboxylic acids is 4. The van der Waals surface area contributed by atoms with Crippen LogP contribution in [0.4, 0.5) is 0 Å². The number of ketones is 3. The van der Waals surface area contributed by atoms with Gasteiger partial charge in [0.25, 0.3) is 0 Å². The number of esters is 1. The van der Waals surface area contributed by atoms with Crippen LogP contribution in [0.25, 0.3) is 0 Å². The monoisotopic (exact) mass is 544 g/mol. The minimum absolute atomic E-state index is 0.0823. The van der Waals surface area contributed by atoms with Crippen LogP contribution in [0.3, 0.4) is 0 Å². The van der Waals surface area contributed by atoms with Crippen molar-refractivity contribution in [2.45, 2.75) is 88.0 Å². The third-order valence-corrected chi connectivity index (χ3v) is 8.69. The van der Waals surface area contributed by atoms with Gasteiger partial charge in [-0.05, 0) is 78.6 Å². The van der Waals surface area contributed by atoms with Crippen molar-refractivity contribution in [3.8, 4) is 0 Å². The molecule has 5 heteroatoms. The molecule has 3 unspecified atom stereocenters. The molecule has 0 spiro atoms. The van der Waals surface area contributed by atoms with Crippen LogP contribution in [0.5, 0.6) is 0 Å². The Morgan fingerprint density at radius 1 is 0.875 bits per heavy atom. The van der Waals surface area contributed by atoms with E-state index in [4.69, 9.17) is 4.74 Å². The quantitative estimate of drug-likeness (QED) is 0.137. The Bertz CT molecular complexity index is 1320. The lowest BCUT2D eigenvalue weighted by Crippen LogP contribution is -2.69. The fourth-order valence-electron chi connectivity index (χ4n) is 6.42. The van der Waals surface area contributed by atoms with Gasteiger partial charge in [-0.15, -0.1) is 0 Å². The van der Waals surface area contributed by atoms with Crippen LogP contribution in [-0.2, 0) is 19.1 Å². The average molecular weight is 545 g/mol. The first-order valence-corrected chi connectivity index (χ1v) is 14.1. The largest absolute Gasteiger partial charge is 0.429 e. The van der Waals surface area contributed by atoms with Gasteiger partial charge < -0.3 is 4.74 Å². The number of hydrogen-bond donors (Lipinski definition) is 0. The summed E-state index contributed by atoms with van der Waals surface area (Å²) in [6.07, 6.45) is 7.21. The number of Topliss-reactive ketones (excluding diaryl/α,β-unsaturated/α-hetero) is 3. The fraction of sp³-hybridized carbons (Fsp3) is 0.486. The summed E-state index contributed by atoms with van der Waals surface area (Å²) in [5.41, 5.74) is -0.587. The first kappa shape index (κ1) is 31.2. The molecule has 1 fully saturated rings. The SMILES string of the molecule is CC(=O)OC1=C(CC=C(C)C)C(=O)C2(CC=C(C)C)CC(CC=C(C)C)C(C)(C)C1(C(=O)c1ccccc1)C2=O. The number of fused-ring (bicyclic) bond motifs is 2. The summed E-state index contributed by atoms with van der Waals surface area (Å²) in [7, 11) is 0. The zero-order valence-corrected chi connectivity index (χ0v) is 25.6. The van der Waals surface area contributed by atoms with Gasteiger partial charge >= 0.3 is 5.97 Å². The maximum absolute atomic E-state index is 15.1. The molecule has 1 saturated carbocycles. The lowest BCUT2D eigenvalue weighted by atomic mass is 9.39. The molecule has 3 rings (SSSR count). The van der Waals surface area contributed by atoms with E-state index < -0.39 is 33.8 Å². The van der Waals surface area contributed by atoms with Gasteiger partial charge in [-0.2, -0.15) is 0 Å². The topological polar surface area (TPSA) is 77.5 Å². The van der Waals surface area contributed by atoms with Crippen molar-refractivity contribution in [2.75, 3.05) is 0 Å². The lowest BCUT2D eigenvalue weighted by Gasteiger charge is -2.60. The first-order chi connectivity index (χ1) is 18.6. The van der Waals surface area contributed by atoms with Gasteiger partial charge in [-0.25, -0.2) is 0 Å². The van der Waals surface area contributed by atoms with E-state index in [-0.39, 0.29) is 35.9 Å². The molecule has 2 bridgehead atoms. The summed E-state index contributed by atoms with van der Waals surface area (Å²) in [5.74, 6) is -2.17. The average Bonchev–Trinajstić information content (AvgIpc) is 2.86. The summed E-state index contributed by atoms with van der Waals surface area (Å²) in [4.78, 5) is 57.3. The summed E-state index contributed by atoms with van der Waals surface area (Å²) >= 11 is 0. The summed E-state index contributed by atoms with van der Waals surface area (Å²) in [5, 5.41) is 0. The lowest BCUT2D eigenvalue weighted by molar-refractivity contribution is -0.166. The van der Waals surface area contributed by atoms with Crippen LogP contribution in [0, 0.1) is 22.2 Å². The van der Waals surface area contributed by atoms with Gasteiger partial charge in [0.15, 0.2) is 22.8 Å². The molecule has 0 heterocycles. The second-order valence-corrected chi connectivity index (χ2v) is 12.7. The molecule has 1 aromatic rings. The van der Waals surface area contributed by atoms with Crippen LogP contribution >= 0.6 is 0 Å². The maximum atomic E-state index is 15.1. The fourth-order valence-corrected chi connectivity index (χ4v) is 6.42. The molecule has 0 radical (unpaired) electrons. The number of carbonyl (C=O) groups is 4. The molecule has 214 valence electrons. The molecule has 0 saturated heterocycles. The van der Waals surface area contributed by atoms with Crippen molar-refractivity contribution in [3.05, 3.63) is 82.2 Å². The Kier molecular flexibility index (Phi) is 9.08. The molecule has 0 N–H and O–H groups in total. The molecule has 40 heavy (non-hydrogen) atoms. The van der Waals surface area contributed by atoms with Gasteiger partial charge in [0.1, 0.15) is 5.76 Å². The Labute approximate surface area is 239 Å². The molecular weight excluding hydrogens is 500 g/mol. The Hall–Kier alpha value is -3.34. The highest BCUT2D eigenvalue weighted by Gasteiger charge is 2.75. The smallest absolute Gasteiger partial charge is 0.307 e. The third-order valence-electron chi connectivity index (χ3n) is 8.69. The number of rotatable bonds is 9. The Balaban J connectivity index is 2.57. The zero-order valence-electron chi connectivity index (χ0n) is 25.6. The van der Waals surface area contributed by atoms with E-state index in [2.05, 4.69) is 6.08 Å². The van der Waals surface area contributed by atoms with E-state index in [0.29, 0.717) is 18.4 Å². The van der Waals surface area contributed by atoms with E-state index in [0.717, 1.165) is 16.7 Å². The van der Waals surface area contributed by atoms with Crippen molar-refractivity contribution in [2.24, 2.45) is 22.2 Å². The maximum Gasteiger partial charge on any atom is 0.307 e. The van der Waals surface area contributed by atoms with Crippen molar-refractivity contribution in [1.29, 1.82) is 0 Å². The van der Waals surface area contributed by atoms with Gasteiger partial charge in [-0.3, -0.25) is 19.2 Å². The van der Waals surface area contributed by atoms with Crippen molar-refractivity contribution in [1.82, 2.24) is 0 Å². The van der Waals surface area contributed by atoms with Crippen LogP contribution < -0.4 is 0 Å². The van der Waals surface area contributed by atoms with Gasteiger partial charge in [0, 0.05) is 18.1 Å². The van der Waals surface area contributed by atoms with Crippen LogP contribution in [0.15, 0.2) is 76.6 Å². The van der Waals surface area contributed by atoms with Crippen LogP contribution in [-0.4, -0.2) is 23.3 Å². The van der Waals surface area contributed by atoms with E-state index in [1.54, 1.807) is 24.3 Å². The van der Waals surface area contributed by atoms with E-state index >= 15 is 4.79 Å². The normalized spacial score (nSPS) is 25.2. The predicted molar refractivity (Wildman–Crippen MR) is 158 cm³/mol. The van der Waals surface area contributed by atoms with E-state index in [1.807, 2.05) is 73.6 Å². The predicted octanol–water partition coefficient (Wildman–Crippen LogP) is 7.93. The molecule has 2 aliphatic carbocycles. The van der Waals surface area contributed by atoms with Crippen LogP contribution in [0.1, 0.15) is 98.4 Å². The molecule has 0 amide bonds. The number of benzene rings is 1. The molecule has 0 aliphatic heterocycles. The van der Waals surface area contributed by atoms with Crippen molar-refractivity contribution in [3.63, 3.8) is 0 Å². The van der Waals surface area contributed by atoms with Crippen LogP contribution in [0.2, 0.25) is 0 Å². The molecule has 1 aromatic carbocycles. The Morgan fingerprint density at radius 2 is 1.45 bits per heavy atom. The number of allylic oxidation sites excluding steroid dienone is 8. The summed E-state index contributed by atoms with van der Waals surface area (Å²) < 4.78 is 5.91. The third kappa shape index (κ3) is 5.23. The van der Waals surface area contributed by atoms with Gasteiger partial charge in [0.05, 0.1) is 5.41 Å². The molecule has 0 aromatic heterocycles. The standard InChI is InChI=1S/C35H44O5/c1-22(2)15-17-27-21-34(20-19-24(5)6)30(38)28(18-16-23(3)4)31(40-25(7)36)35(32(34)39,33(27,8)9)29(37)26-13-11-10-12-14-26/h10-16,19,27H,17-18,20-21H2,1-9H3. The summed E-state index contributed by atoms with van der Waals surface area (Å²) in [6.45, 7) is 16.9. The van der Waals surface area contributed by atoms with Crippen molar-refractivity contribution < 1.29 is 23.9 Å². The highest BCUT2D eigenvalue weighted by Crippen LogP contribution is 2.67. The second-order valence-electron chi connectivity index (χ2n) is 12.7. The highest BCUT2D eigenvalue weighted by atomic mass is 16.5. The van der Waals surface area contributed by atoms with E-state index in [9.17, 15) is 14.4 Å². The number of hydrogen-bond acceptors (Lipinski definition) is 5. The molecular formula is C35H44O5. The van der Waals surface area contributed by atoms with E-state index in [1.165, 1.54) is 6.92 Å². The van der Waals surface area contributed by atoms with Crippen molar-refractivity contribution >= 4 is 23.3 Å².